The third-order valence-electron chi connectivity index (χ3n) is 3.03. The average molecular weight is 395 g/mol. The van der Waals surface area contributed by atoms with Crippen LogP contribution in [0.15, 0.2) is 44.5 Å². The van der Waals surface area contributed by atoms with Gasteiger partial charge in [0.05, 0.1) is 24.1 Å². The maximum Gasteiger partial charge on any atom is 0.219 e. The number of phenolic OH excluding ortho intramolecular Hbond substituents is 1. The molecule has 0 atom stereocenters. The topological polar surface area (TPSA) is 88.6 Å². The van der Waals surface area contributed by atoms with Gasteiger partial charge in [0.2, 0.25) is 10.6 Å². The highest BCUT2D eigenvalue weighted by molar-refractivity contribution is 9.10. The Morgan fingerprint density at radius 3 is 3.00 bits per heavy atom. The molecular weight excluding hydrogens is 384 g/mol. The van der Waals surface area contributed by atoms with Crippen molar-refractivity contribution in [2.45, 2.75) is 0 Å². The van der Waals surface area contributed by atoms with E-state index in [0.717, 1.165) is 0 Å². The normalized spacial score (nSPS) is 11.2. The van der Waals surface area contributed by atoms with Gasteiger partial charge in [-0.2, -0.15) is 9.78 Å². The molecule has 0 bridgehead atoms. The number of hydrogen-bond donors (Lipinski definition) is 2. The molecule has 0 aliphatic heterocycles. The quantitative estimate of drug-likeness (QED) is 0.521. The number of ether oxygens (including phenoxy) is 1. The number of nitrogens with one attached hydrogen (secondary N) is 1. The minimum absolute atomic E-state index is 0.00139. The number of H-pyrrole nitrogens is 1. The molecule has 7 nitrogen and oxygen atoms in total. The average Bonchev–Trinajstić information content (AvgIpc) is 3.19. The minimum Gasteiger partial charge on any atom is -0.503 e. The Balaban J connectivity index is 2.00. The third kappa shape index (κ3) is 2.92. The summed E-state index contributed by atoms with van der Waals surface area (Å²) in [5.74, 6) is 1.35. The van der Waals surface area contributed by atoms with Crippen LogP contribution in [0.3, 0.4) is 0 Å². The van der Waals surface area contributed by atoms with E-state index in [4.69, 9.17) is 21.4 Å². The number of aromatic hydroxyl groups is 1. The summed E-state index contributed by atoms with van der Waals surface area (Å²) in [6.45, 7) is 0. The minimum atomic E-state index is -0.00139. The van der Waals surface area contributed by atoms with Crippen molar-refractivity contribution in [2.75, 3.05) is 7.11 Å². The van der Waals surface area contributed by atoms with Crippen LogP contribution < -0.4 is 4.74 Å². The summed E-state index contributed by atoms with van der Waals surface area (Å²) in [5, 5.41) is 21.1. The lowest BCUT2D eigenvalue weighted by Gasteiger charge is -2.06. The van der Waals surface area contributed by atoms with E-state index in [1.165, 1.54) is 11.8 Å². The monoisotopic (exact) mass is 394 g/mol. The van der Waals surface area contributed by atoms with Crippen LogP contribution in [0.2, 0.25) is 0 Å². The van der Waals surface area contributed by atoms with Gasteiger partial charge in [-0.05, 0) is 52.4 Å². The third-order valence-corrected chi connectivity index (χ3v) is 4.13. The van der Waals surface area contributed by atoms with Crippen LogP contribution in [0, 0.1) is 4.77 Å². The molecule has 0 unspecified atom stereocenters. The first-order valence-electron chi connectivity index (χ1n) is 6.43. The van der Waals surface area contributed by atoms with Gasteiger partial charge in [0.15, 0.2) is 17.3 Å². The number of rotatable bonds is 4. The lowest BCUT2D eigenvalue weighted by molar-refractivity contribution is 0.372. The highest BCUT2D eigenvalue weighted by atomic mass is 79.9. The molecule has 0 aliphatic rings. The van der Waals surface area contributed by atoms with Crippen LogP contribution in [0.5, 0.6) is 11.5 Å². The number of aromatic amines is 1. The van der Waals surface area contributed by atoms with Gasteiger partial charge in [0.25, 0.3) is 0 Å². The predicted molar refractivity (Wildman–Crippen MR) is 90.5 cm³/mol. The fourth-order valence-corrected chi connectivity index (χ4v) is 2.52. The number of halogens is 1. The lowest BCUT2D eigenvalue weighted by atomic mass is 10.2. The van der Waals surface area contributed by atoms with Gasteiger partial charge in [-0.1, -0.05) is 0 Å². The molecule has 23 heavy (non-hydrogen) atoms. The molecule has 118 valence electrons. The van der Waals surface area contributed by atoms with E-state index in [0.29, 0.717) is 32.1 Å². The van der Waals surface area contributed by atoms with E-state index in [9.17, 15) is 5.11 Å². The SMILES string of the molecule is COc1ccc(/C=N\n2c(-c3ccco3)n[nH]c2=S)c(Br)c1O. The first-order chi connectivity index (χ1) is 11.1. The van der Waals surface area contributed by atoms with Crippen molar-refractivity contribution in [3.63, 3.8) is 0 Å². The van der Waals surface area contributed by atoms with E-state index in [2.05, 4.69) is 31.2 Å². The fourth-order valence-electron chi connectivity index (χ4n) is 1.91. The van der Waals surface area contributed by atoms with Gasteiger partial charge < -0.3 is 14.3 Å². The zero-order valence-corrected chi connectivity index (χ0v) is 14.3. The maximum absolute atomic E-state index is 10.0. The van der Waals surface area contributed by atoms with Crippen molar-refractivity contribution in [3.8, 4) is 23.1 Å². The molecule has 0 fully saturated rings. The molecule has 2 heterocycles. The Morgan fingerprint density at radius 1 is 1.48 bits per heavy atom. The predicted octanol–water partition coefficient (Wildman–Crippen LogP) is 3.56. The standard InChI is InChI=1S/C14H11BrN4O3S/c1-21-9-5-4-8(11(15)12(9)20)7-16-19-13(17-18-14(19)23)10-3-2-6-22-10/h2-7,20H,1H3,(H,18,23)/b16-7-. The van der Waals surface area contributed by atoms with E-state index >= 15 is 0 Å². The molecule has 0 aliphatic carbocycles. The van der Waals surface area contributed by atoms with Crippen LogP contribution in [0.4, 0.5) is 0 Å². The molecule has 0 amide bonds. The van der Waals surface area contributed by atoms with Crippen LogP contribution >= 0.6 is 28.1 Å². The van der Waals surface area contributed by atoms with Crippen molar-refractivity contribution in [1.29, 1.82) is 0 Å². The van der Waals surface area contributed by atoms with Crippen LogP contribution in [0.1, 0.15) is 5.56 Å². The molecule has 0 saturated heterocycles. The Morgan fingerprint density at radius 2 is 2.30 bits per heavy atom. The number of hydrogen-bond acceptors (Lipinski definition) is 6. The first kappa shape index (κ1) is 15.5. The number of nitrogens with zero attached hydrogens (tertiary/aromatic N) is 3. The number of phenols is 1. The van der Waals surface area contributed by atoms with E-state index in [1.807, 2.05) is 0 Å². The summed E-state index contributed by atoms with van der Waals surface area (Å²) in [5.41, 5.74) is 0.650. The van der Waals surface area contributed by atoms with Crippen LogP contribution in [0.25, 0.3) is 11.6 Å². The Kier molecular flexibility index (Phi) is 4.30. The van der Waals surface area contributed by atoms with Crippen molar-refractivity contribution in [1.82, 2.24) is 14.9 Å². The Hall–Kier alpha value is -2.39. The summed E-state index contributed by atoms with van der Waals surface area (Å²) in [6, 6.07) is 6.90. The number of benzene rings is 1. The molecule has 9 heteroatoms. The molecular formula is C14H11BrN4O3S. The van der Waals surface area contributed by atoms with E-state index < -0.39 is 0 Å². The largest absolute Gasteiger partial charge is 0.503 e. The van der Waals surface area contributed by atoms with Crippen LogP contribution in [-0.4, -0.2) is 33.3 Å². The summed E-state index contributed by atoms with van der Waals surface area (Å²) < 4.78 is 12.6. The highest BCUT2D eigenvalue weighted by Crippen LogP contribution is 2.35. The molecule has 3 rings (SSSR count). The summed E-state index contributed by atoms with van der Waals surface area (Å²) in [6.07, 6.45) is 3.08. The molecule has 0 radical (unpaired) electrons. The number of methoxy groups -OCH3 is 1. The second-order valence-corrected chi connectivity index (χ2v) is 5.59. The van der Waals surface area contributed by atoms with Crippen LogP contribution in [-0.2, 0) is 0 Å². The Bertz CT molecular complexity index is 915. The number of aromatic nitrogens is 3. The molecule has 0 spiro atoms. The zero-order chi connectivity index (χ0) is 16.4. The Labute approximate surface area is 144 Å². The van der Waals surface area contributed by atoms with E-state index in [-0.39, 0.29) is 5.75 Å². The first-order valence-corrected chi connectivity index (χ1v) is 7.63. The highest BCUT2D eigenvalue weighted by Gasteiger charge is 2.12. The second kappa shape index (κ2) is 6.39. The summed E-state index contributed by atoms with van der Waals surface area (Å²) in [4.78, 5) is 0. The van der Waals surface area contributed by atoms with Gasteiger partial charge in [0, 0.05) is 5.56 Å². The number of furan rings is 1. The lowest BCUT2D eigenvalue weighted by Crippen LogP contribution is -1.95. The van der Waals surface area contributed by atoms with Crippen molar-refractivity contribution < 1.29 is 14.3 Å². The van der Waals surface area contributed by atoms with Gasteiger partial charge in [-0.15, -0.1) is 5.10 Å². The molecule has 3 aromatic rings. The summed E-state index contributed by atoms with van der Waals surface area (Å²) >= 11 is 8.48. The van der Waals surface area contributed by atoms with E-state index in [1.54, 1.807) is 36.7 Å². The molecule has 0 saturated carbocycles. The van der Waals surface area contributed by atoms with Gasteiger partial charge >= 0.3 is 0 Å². The van der Waals surface area contributed by atoms with Gasteiger partial charge in [-0.25, -0.2) is 5.10 Å². The second-order valence-electron chi connectivity index (χ2n) is 4.41. The van der Waals surface area contributed by atoms with Crippen molar-refractivity contribution in [3.05, 3.63) is 45.3 Å². The fraction of sp³-hybridized carbons (Fsp3) is 0.0714. The maximum atomic E-state index is 10.0. The van der Waals surface area contributed by atoms with Gasteiger partial charge in [0.1, 0.15) is 0 Å². The zero-order valence-electron chi connectivity index (χ0n) is 11.9. The molecule has 2 aromatic heterocycles. The van der Waals surface area contributed by atoms with Crippen molar-refractivity contribution >= 4 is 34.4 Å². The van der Waals surface area contributed by atoms with Crippen molar-refractivity contribution in [2.24, 2.45) is 5.10 Å². The smallest absolute Gasteiger partial charge is 0.219 e. The van der Waals surface area contributed by atoms with Gasteiger partial charge in [-0.3, -0.25) is 0 Å². The molecule has 1 aromatic carbocycles. The summed E-state index contributed by atoms with van der Waals surface area (Å²) in [7, 11) is 1.48. The molecule has 2 N–H and O–H groups in total.